The molecule has 0 fully saturated rings. The van der Waals surface area contributed by atoms with E-state index in [9.17, 15) is 19.5 Å². The Morgan fingerprint density at radius 3 is 1.64 bits per heavy atom. The lowest BCUT2D eigenvalue weighted by molar-refractivity contribution is -0.121. The normalized spacial score (nSPS) is 12.8. The van der Waals surface area contributed by atoms with Crippen LogP contribution in [0.1, 0.15) is 66.9 Å². The van der Waals surface area contributed by atoms with Gasteiger partial charge < -0.3 is 31.3 Å². The third kappa shape index (κ3) is 17.1. The number of nitrogens with two attached hydrogens (primary N) is 1. The second-order valence-electron chi connectivity index (χ2n) is 12.2. The van der Waals surface area contributed by atoms with Crippen LogP contribution in [-0.4, -0.2) is 72.1 Å². The summed E-state index contributed by atoms with van der Waals surface area (Å²) in [6.07, 6.45) is 2.18. The highest BCUT2D eigenvalue weighted by Crippen LogP contribution is 2.38. The summed E-state index contributed by atoms with van der Waals surface area (Å²) >= 11 is 17.9. The molecule has 0 unspecified atom stereocenters. The second kappa shape index (κ2) is 25.0. The van der Waals surface area contributed by atoms with E-state index >= 15 is 0 Å². The van der Waals surface area contributed by atoms with Crippen LogP contribution in [0.4, 0.5) is 28.4 Å². The number of phenolic OH excluding ortho intramolecular Hbond substituents is 1. The number of carbonyl (C=O) groups is 3. The Labute approximate surface area is 356 Å². The van der Waals surface area contributed by atoms with E-state index in [-0.39, 0.29) is 51.2 Å². The number of benzene rings is 3. The van der Waals surface area contributed by atoms with E-state index in [1.807, 2.05) is 36.4 Å². The van der Waals surface area contributed by atoms with Crippen molar-refractivity contribution in [2.45, 2.75) is 68.2 Å². The average Bonchev–Trinajstić information content (AvgIpc) is 3.19. The first-order valence-electron chi connectivity index (χ1n) is 18.3. The maximum absolute atomic E-state index is 12.2. The van der Waals surface area contributed by atoms with Gasteiger partial charge in [-0.3, -0.25) is 23.5 Å². The fraction of sp³-hybridized carbons (Fsp3) is 0.350. The molecule has 0 saturated carbocycles. The average molecular weight is 884 g/mol. The highest BCUT2D eigenvalue weighted by molar-refractivity contribution is 7.79. The van der Waals surface area contributed by atoms with Crippen molar-refractivity contribution in [1.29, 1.82) is 0 Å². The van der Waals surface area contributed by atoms with Crippen molar-refractivity contribution in [1.82, 2.24) is 5.32 Å². The number of carbonyl (C=O) groups excluding carboxylic acids is 3. The van der Waals surface area contributed by atoms with Crippen LogP contribution >= 0.6 is 34.8 Å². The summed E-state index contributed by atoms with van der Waals surface area (Å²) in [5.41, 5.74) is 11.7. The number of hydrogen-bond donors (Lipinski definition) is 6. The summed E-state index contributed by atoms with van der Waals surface area (Å²) in [4.78, 5) is 44.1. The SMILES string of the molecule is CCC(=O)NC1=CC(=Nc2ccc(N(CC)CC)cc2)C(C)=C(Cl)C1=O.CCC(=O)Nc1cc(Cl)c(C)c(Cl)c1O.CCN(CC)c1ccc(N)cc1.O=S(=O)(O)O. The second-order valence-corrected chi connectivity index (χ2v) is 14.3. The van der Waals surface area contributed by atoms with Crippen LogP contribution in [0, 0.1) is 6.92 Å². The molecule has 0 radical (unpaired) electrons. The van der Waals surface area contributed by atoms with Crippen molar-refractivity contribution in [3.05, 3.63) is 92.6 Å². The first-order valence-corrected chi connectivity index (χ1v) is 20.8. The highest BCUT2D eigenvalue weighted by Gasteiger charge is 2.25. The maximum Gasteiger partial charge on any atom is 0.394 e. The van der Waals surface area contributed by atoms with Crippen LogP contribution < -0.4 is 26.2 Å². The minimum Gasteiger partial charge on any atom is -0.504 e. The van der Waals surface area contributed by atoms with Gasteiger partial charge in [0.15, 0.2) is 5.75 Å². The molecule has 3 aromatic rings. The number of anilines is 4. The largest absolute Gasteiger partial charge is 0.504 e. The number of amides is 2. The monoisotopic (exact) mass is 882 g/mol. The molecule has 318 valence electrons. The molecule has 1 aliphatic carbocycles. The summed E-state index contributed by atoms with van der Waals surface area (Å²) < 4.78 is 31.6. The van der Waals surface area contributed by atoms with Crippen molar-refractivity contribution in [2.75, 3.05) is 47.0 Å². The van der Waals surface area contributed by atoms with Crippen molar-refractivity contribution >= 4 is 96.9 Å². The number of rotatable bonds is 11. The third-order valence-corrected chi connectivity index (χ3v) is 9.61. The molecule has 3 aromatic carbocycles. The van der Waals surface area contributed by atoms with Gasteiger partial charge in [-0.15, -0.1) is 0 Å². The minimum atomic E-state index is -4.67. The lowest BCUT2D eigenvalue weighted by atomic mass is 10.0. The Hall–Kier alpha value is -4.64. The number of nitrogens with one attached hydrogen (secondary N) is 2. The van der Waals surface area contributed by atoms with Gasteiger partial charge >= 0.3 is 10.4 Å². The molecule has 0 saturated heterocycles. The standard InChI is InChI=1S/C20H24ClN3O2.C10H11Cl2NO2.C10H16N2.H2O4S/c1-5-18(25)23-17-12-16(13(4)19(21)20(17)26)22-14-8-10-15(11-9-14)24(6-2)7-3;1-3-8(14)13-7-4-6(11)5(2)9(12)10(7)15;1-3-12(4-2)10-7-5-9(11)6-8-10;1-5(2,3)4/h8-12H,5-7H2,1-4H3,(H,23,25);4,15H,3H2,1-2H3,(H,13,14);5-8H,3-4,11H2,1-2H3;(H2,1,2,3,4). The van der Waals surface area contributed by atoms with E-state index in [0.29, 0.717) is 28.3 Å². The number of aliphatic imine (C=N–C) groups is 1. The van der Waals surface area contributed by atoms with E-state index in [0.717, 1.165) is 43.2 Å². The van der Waals surface area contributed by atoms with Crippen LogP contribution in [0.5, 0.6) is 5.75 Å². The molecular formula is C40H53Cl3N6O8S. The Kier molecular flexibility index (Phi) is 22.1. The molecule has 0 aliphatic heterocycles. The van der Waals surface area contributed by atoms with Crippen molar-refractivity contribution in [2.24, 2.45) is 4.99 Å². The summed E-state index contributed by atoms with van der Waals surface area (Å²) in [7, 11) is -4.67. The van der Waals surface area contributed by atoms with E-state index in [4.69, 9.17) is 58.1 Å². The van der Waals surface area contributed by atoms with Gasteiger partial charge in [0.25, 0.3) is 0 Å². The van der Waals surface area contributed by atoms with Gasteiger partial charge in [0.05, 0.1) is 32.8 Å². The molecule has 18 heteroatoms. The molecule has 1 aliphatic rings. The van der Waals surface area contributed by atoms with E-state index < -0.39 is 10.4 Å². The van der Waals surface area contributed by atoms with Crippen molar-refractivity contribution < 1.29 is 37.0 Å². The first-order chi connectivity index (χ1) is 27.1. The highest BCUT2D eigenvalue weighted by atomic mass is 35.5. The zero-order chi connectivity index (χ0) is 44.3. The number of allylic oxidation sites excluding steroid dienone is 3. The summed E-state index contributed by atoms with van der Waals surface area (Å²) in [5, 5.41) is 15.4. The molecule has 14 nitrogen and oxygen atoms in total. The van der Waals surface area contributed by atoms with Crippen LogP contribution in [-0.2, 0) is 24.8 Å². The molecule has 0 spiro atoms. The number of halogens is 3. The molecule has 2 amide bonds. The molecule has 58 heavy (non-hydrogen) atoms. The zero-order valence-electron chi connectivity index (χ0n) is 33.9. The van der Waals surface area contributed by atoms with E-state index in [2.05, 4.69) is 65.3 Å². The van der Waals surface area contributed by atoms with Gasteiger partial charge in [0.1, 0.15) is 0 Å². The molecule has 4 rings (SSSR count). The molecular weight excluding hydrogens is 831 g/mol. The van der Waals surface area contributed by atoms with Crippen molar-refractivity contribution in [3.63, 3.8) is 0 Å². The summed E-state index contributed by atoms with van der Waals surface area (Å²) in [6.45, 7) is 19.4. The lowest BCUT2D eigenvalue weighted by Crippen LogP contribution is -2.30. The molecule has 0 bridgehead atoms. The maximum atomic E-state index is 12.2. The lowest BCUT2D eigenvalue weighted by Gasteiger charge is -2.21. The van der Waals surface area contributed by atoms with E-state index in [1.165, 1.54) is 11.8 Å². The van der Waals surface area contributed by atoms with E-state index in [1.54, 1.807) is 33.8 Å². The number of nitrogen functional groups attached to an aromatic ring is 1. The first kappa shape index (κ1) is 51.4. The number of phenols is 1. The van der Waals surface area contributed by atoms with Crippen LogP contribution in [0.2, 0.25) is 10.0 Å². The van der Waals surface area contributed by atoms with Gasteiger partial charge in [0, 0.05) is 61.1 Å². The fourth-order valence-corrected chi connectivity index (χ4v) is 5.59. The predicted octanol–water partition coefficient (Wildman–Crippen LogP) is 8.93. The Morgan fingerprint density at radius 1 is 0.776 bits per heavy atom. The fourth-order valence-electron chi connectivity index (χ4n) is 4.94. The number of ketones is 1. The molecule has 0 aromatic heterocycles. The zero-order valence-corrected chi connectivity index (χ0v) is 36.9. The Balaban J connectivity index is 0.000000443. The van der Waals surface area contributed by atoms with Crippen molar-refractivity contribution in [3.8, 4) is 5.75 Å². The quantitative estimate of drug-likeness (QED) is 0.0463. The van der Waals surface area contributed by atoms with Gasteiger partial charge in [-0.2, -0.15) is 8.42 Å². The Morgan fingerprint density at radius 2 is 1.21 bits per heavy atom. The number of nitrogens with zero attached hydrogens (tertiary/aromatic N) is 3. The topological polar surface area (TPSA) is 215 Å². The molecule has 0 heterocycles. The van der Waals surface area contributed by atoms with Crippen LogP contribution in [0.15, 0.2) is 82.0 Å². The van der Waals surface area contributed by atoms with Crippen LogP contribution in [0.25, 0.3) is 0 Å². The summed E-state index contributed by atoms with van der Waals surface area (Å²) in [6, 6.07) is 17.4. The van der Waals surface area contributed by atoms with Gasteiger partial charge in [-0.1, -0.05) is 48.7 Å². The van der Waals surface area contributed by atoms with Gasteiger partial charge in [0.2, 0.25) is 17.6 Å². The third-order valence-electron chi connectivity index (χ3n) is 8.30. The number of Topliss-reactive ketones (excluding diaryl/α,β-unsaturated/α-hetero) is 1. The predicted molar refractivity (Wildman–Crippen MR) is 238 cm³/mol. The van der Waals surface area contributed by atoms with Gasteiger partial charge in [-0.05, 0) is 113 Å². The smallest absolute Gasteiger partial charge is 0.394 e. The van der Waals surface area contributed by atoms with Crippen LogP contribution in [0.3, 0.4) is 0 Å². The van der Waals surface area contributed by atoms with Gasteiger partial charge in [-0.25, -0.2) is 4.99 Å². The number of aromatic hydroxyl groups is 1. The Bertz CT molecular complexity index is 2060. The molecule has 7 N–H and O–H groups in total. The minimum absolute atomic E-state index is 0.0809. The summed E-state index contributed by atoms with van der Waals surface area (Å²) in [5.74, 6) is -0.986. The molecule has 0 atom stereocenters. The number of hydrogen-bond acceptors (Lipinski definition) is 10.